The molecule has 0 rings (SSSR count). The molecule has 0 aromatic heterocycles. The van der Waals surface area contributed by atoms with Crippen LogP contribution >= 0.6 is 81.2 Å². The summed E-state index contributed by atoms with van der Waals surface area (Å²) in [5, 5.41) is 6.64. The van der Waals surface area contributed by atoms with Crippen molar-refractivity contribution in [1.82, 2.24) is 0 Å². The summed E-state index contributed by atoms with van der Waals surface area (Å²) in [6, 6.07) is 0. The molecule has 0 saturated carbocycles. The van der Waals surface area contributed by atoms with Crippen LogP contribution in [0.1, 0.15) is 0 Å². The van der Waals surface area contributed by atoms with Gasteiger partial charge in [-0.05, 0) is 0 Å². The third-order valence-corrected chi connectivity index (χ3v) is 2.44. The van der Waals surface area contributed by atoms with Crippen LogP contribution in [-0.2, 0) is 0 Å². The number of hydrogen-bond donors (Lipinski definition) is 1. The molecule has 0 aliphatic heterocycles. The minimum atomic E-state index is -1.99. The molecular weight excluding hydrogens is 324 g/mol. The summed E-state index contributed by atoms with van der Waals surface area (Å²) in [6.07, 6.45) is 0. The molecule has 0 aliphatic rings. The van der Waals surface area contributed by atoms with Gasteiger partial charge >= 0.3 is 0 Å². The normalized spacial score (nSPS) is 14.5. The van der Waals surface area contributed by atoms with Gasteiger partial charge in [-0.1, -0.05) is 81.2 Å². The minimum Gasteiger partial charge on any atom is -0.283 e. The predicted molar refractivity (Wildman–Crippen MR) is 61.6 cm³/mol. The van der Waals surface area contributed by atoms with Gasteiger partial charge < -0.3 is 0 Å². The number of nitrogens with zero attached hydrogens (tertiary/aromatic N) is 1. The van der Waals surface area contributed by atoms with Crippen molar-refractivity contribution in [3.8, 4) is 0 Å². The molecule has 0 aromatic rings. The van der Waals surface area contributed by atoms with E-state index in [4.69, 9.17) is 86.6 Å². The molecule has 1 N–H and O–H groups in total. The molecule has 0 aromatic carbocycles. The van der Waals surface area contributed by atoms with Crippen molar-refractivity contribution in [3.05, 3.63) is 0 Å². The Morgan fingerprint density at radius 2 is 1.31 bits per heavy atom. The molecule has 0 saturated heterocycles. The van der Waals surface area contributed by atoms with Crippen LogP contribution in [0.5, 0.6) is 0 Å². The Morgan fingerprint density at radius 3 is 1.54 bits per heavy atom. The van der Waals surface area contributed by atoms with Crippen LogP contribution in [0.3, 0.4) is 0 Å². The van der Waals surface area contributed by atoms with E-state index in [9.17, 15) is 0 Å². The fourth-order valence-corrected chi connectivity index (χ4v) is 0.563. The smallest absolute Gasteiger partial charge is 0.249 e. The van der Waals surface area contributed by atoms with Crippen LogP contribution < -0.4 is 0 Å². The number of alkyl halides is 6. The molecule has 0 aliphatic carbocycles. The SMILES string of the molecule is N=C(N=C(Cl)C(Cl)(Cl)Cl)C(Cl)(Cl)Cl. The summed E-state index contributed by atoms with van der Waals surface area (Å²) in [6.45, 7) is 0. The zero-order valence-corrected chi connectivity index (χ0v) is 10.9. The maximum atomic E-state index is 7.11. The van der Waals surface area contributed by atoms with Gasteiger partial charge in [-0.3, -0.25) is 5.41 Å². The monoisotopic (exact) mass is 322 g/mol. The molecule has 0 amide bonds. The van der Waals surface area contributed by atoms with Crippen molar-refractivity contribution < 1.29 is 0 Å². The van der Waals surface area contributed by atoms with E-state index < -0.39 is 18.6 Å². The van der Waals surface area contributed by atoms with Gasteiger partial charge in [0, 0.05) is 0 Å². The molecule has 0 unspecified atom stereocenters. The number of amidine groups is 1. The molecule has 0 bridgehead atoms. The average Bonchev–Trinajstić information content (AvgIpc) is 1.82. The quantitative estimate of drug-likeness (QED) is 0.391. The first-order valence-corrected chi connectivity index (χ1v) is 5.17. The van der Waals surface area contributed by atoms with Crippen molar-refractivity contribution in [2.75, 3.05) is 0 Å². The lowest BCUT2D eigenvalue weighted by atomic mass is 10.6. The lowest BCUT2D eigenvalue weighted by molar-refractivity contribution is 1.33. The molecule has 0 spiro atoms. The lowest BCUT2D eigenvalue weighted by Gasteiger charge is -2.11. The number of halogens is 7. The Bertz CT molecular complexity index is 234. The van der Waals surface area contributed by atoms with Crippen LogP contribution in [0, 0.1) is 5.41 Å². The molecule has 76 valence electrons. The Balaban J connectivity index is 4.70. The molecule has 13 heavy (non-hydrogen) atoms. The van der Waals surface area contributed by atoms with Crippen LogP contribution in [0.2, 0.25) is 0 Å². The van der Waals surface area contributed by atoms with Crippen LogP contribution in [0.4, 0.5) is 0 Å². The van der Waals surface area contributed by atoms with Gasteiger partial charge in [-0.25, -0.2) is 4.99 Å². The van der Waals surface area contributed by atoms with E-state index in [-0.39, 0.29) is 0 Å². The summed E-state index contributed by atoms with van der Waals surface area (Å²) in [5.41, 5.74) is 0. The standard InChI is InChI=1S/C4HCl7N2/c5-1(3(6,7)8)13-2(12)4(9,10)11/h12H. The summed E-state index contributed by atoms with van der Waals surface area (Å²) in [4.78, 5) is 3.29. The Kier molecular flexibility index (Phi) is 5.45. The third-order valence-electron chi connectivity index (χ3n) is 0.712. The minimum absolute atomic E-state index is 0.464. The number of aliphatic imine (C=N–C) groups is 1. The van der Waals surface area contributed by atoms with Crippen molar-refractivity contribution in [2.45, 2.75) is 7.59 Å². The molecule has 2 nitrogen and oxygen atoms in total. The van der Waals surface area contributed by atoms with E-state index in [2.05, 4.69) is 4.99 Å². The van der Waals surface area contributed by atoms with Crippen molar-refractivity contribution in [3.63, 3.8) is 0 Å². The van der Waals surface area contributed by atoms with Gasteiger partial charge in [0.1, 0.15) is 0 Å². The number of rotatable bonds is 0. The van der Waals surface area contributed by atoms with Crippen molar-refractivity contribution >= 4 is 92.2 Å². The number of nitrogens with one attached hydrogen (secondary N) is 1. The highest BCUT2D eigenvalue weighted by atomic mass is 35.6. The van der Waals surface area contributed by atoms with Crippen molar-refractivity contribution in [1.29, 1.82) is 5.41 Å². The van der Waals surface area contributed by atoms with Crippen LogP contribution in [-0.4, -0.2) is 18.6 Å². The van der Waals surface area contributed by atoms with Crippen molar-refractivity contribution in [2.24, 2.45) is 4.99 Å². The van der Waals surface area contributed by atoms with Crippen LogP contribution in [0.15, 0.2) is 4.99 Å². The average molecular weight is 325 g/mol. The highest BCUT2D eigenvalue weighted by molar-refractivity contribution is 6.90. The van der Waals surface area contributed by atoms with E-state index in [1.54, 1.807) is 0 Å². The fraction of sp³-hybridized carbons (Fsp3) is 0.500. The zero-order valence-electron chi connectivity index (χ0n) is 5.59. The Labute approximate surface area is 110 Å². The Hall–Kier alpha value is 1.37. The topological polar surface area (TPSA) is 36.2 Å². The van der Waals surface area contributed by atoms with Gasteiger partial charge in [-0.2, -0.15) is 0 Å². The van der Waals surface area contributed by atoms with Gasteiger partial charge in [0.2, 0.25) is 7.59 Å². The second-order valence-corrected chi connectivity index (χ2v) is 6.67. The molecular formula is C4HCl7N2. The van der Waals surface area contributed by atoms with E-state index >= 15 is 0 Å². The second-order valence-electron chi connectivity index (χ2n) is 1.75. The molecule has 0 fully saturated rings. The van der Waals surface area contributed by atoms with Gasteiger partial charge in [0.05, 0.1) is 0 Å². The maximum absolute atomic E-state index is 7.11. The third kappa shape index (κ3) is 5.73. The summed E-state index contributed by atoms with van der Waals surface area (Å²) < 4.78 is -3.92. The zero-order chi connectivity index (χ0) is 10.9. The first-order chi connectivity index (χ1) is 5.55. The summed E-state index contributed by atoms with van der Waals surface area (Å²) in [7, 11) is 0. The Morgan fingerprint density at radius 1 is 0.923 bits per heavy atom. The highest BCUT2D eigenvalue weighted by Gasteiger charge is 2.31. The lowest BCUT2D eigenvalue weighted by Crippen LogP contribution is -2.21. The fourth-order valence-electron chi connectivity index (χ4n) is 0.225. The van der Waals surface area contributed by atoms with E-state index in [0.717, 1.165) is 0 Å². The second kappa shape index (κ2) is 4.93. The van der Waals surface area contributed by atoms with Gasteiger partial charge in [0.25, 0.3) is 0 Å². The van der Waals surface area contributed by atoms with Crippen LogP contribution in [0.25, 0.3) is 0 Å². The van der Waals surface area contributed by atoms with E-state index in [0.29, 0.717) is 0 Å². The number of hydrogen-bond acceptors (Lipinski definition) is 1. The highest BCUT2D eigenvalue weighted by Crippen LogP contribution is 2.32. The van der Waals surface area contributed by atoms with E-state index in [1.165, 1.54) is 0 Å². The molecule has 9 heteroatoms. The van der Waals surface area contributed by atoms with Gasteiger partial charge in [-0.15, -0.1) is 0 Å². The molecule has 0 radical (unpaired) electrons. The maximum Gasteiger partial charge on any atom is 0.249 e. The molecule has 0 atom stereocenters. The first-order valence-electron chi connectivity index (χ1n) is 2.52. The summed E-state index contributed by atoms with van der Waals surface area (Å²) >= 11 is 37.2. The summed E-state index contributed by atoms with van der Waals surface area (Å²) in [5.74, 6) is -0.631. The first kappa shape index (κ1) is 14.4. The van der Waals surface area contributed by atoms with Gasteiger partial charge in [0.15, 0.2) is 11.0 Å². The predicted octanol–water partition coefficient (Wildman–Crippen LogP) is 4.34. The molecule has 0 heterocycles. The van der Waals surface area contributed by atoms with E-state index in [1.807, 2.05) is 0 Å². The largest absolute Gasteiger partial charge is 0.283 e.